The van der Waals surface area contributed by atoms with Gasteiger partial charge in [-0.1, -0.05) is 32.4 Å². The zero-order valence-corrected chi connectivity index (χ0v) is 14.9. The molecule has 0 atom stereocenters. The summed E-state index contributed by atoms with van der Waals surface area (Å²) in [6.07, 6.45) is 3.20. The zero-order chi connectivity index (χ0) is 16.5. The summed E-state index contributed by atoms with van der Waals surface area (Å²) < 4.78 is 5.35. The second-order valence-corrected chi connectivity index (χ2v) is 5.96. The van der Waals surface area contributed by atoms with Crippen molar-refractivity contribution in [1.29, 1.82) is 0 Å². The highest BCUT2D eigenvalue weighted by Gasteiger charge is 2.19. The molecule has 1 aromatic carbocycles. The van der Waals surface area contributed by atoms with Crippen LogP contribution in [0.2, 0.25) is 5.02 Å². The Balaban J connectivity index is 0.000000228. The highest BCUT2D eigenvalue weighted by atomic mass is 35.5. The lowest BCUT2D eigenvalue weighted by Gasteiger charge is -2.17. The van der Waals surface area contributed by atoms with Gasteiger partial charge in [-0.05, 0) is 56.5 Å². The average molecular weight is 326 g/mol. The summed E-state index contributed by atoms with van der Waals surface area (Å²) >= 11 is 5.90. The van der Waals surface area contributed by atoms with Crippen LogP contribution in [0, 0.1) is 12.8 Å². The Hall–Kier alpha value is -1.06. The Morgan fingerprint density at radius 3 is 2.41 bits per heavy atom. The van der Waals surface area contributed by atoms with Crippen molar-refractivity contribution < 1.29 is 9.53 Å². The topological polar surface area (TPSA) is 38.3 Å². The number of fused-ring (bicyclic) bond motifs is 1. The molecule has 0 spiro atoms. The lowest BCUT2D eigenvalue weighted by atomic mass is 10.0. The maximum absolute atomic E-state index is 11.4. The van der Waals surface area contributed by atoms with Crippen LogP contribution in [0.4, 0.5) is 0 Å². The first-order chi connectivity index (χ1) is 10.6. The minimum atomic E-state index is 0.114. The van der Waals surface area contributed by atoms with E-state index in [1.54, 1.807) is 6.07 Å². The molecule has 0 unspecified atom stereocenters. The van der Waals surface area contributed by atoms with Gasteiger partial charge in [-0.15, -0.1) is 0 Å². The van der Waals surface area contributed by atoms with Crippen molar-refractivity contribution in [2.24, 2.45) is 5.92 Å². The second-order valence-electron chi connectivity index (χ2n) is 5.55. The molecule has 3 rings (SSSR count). The van der Waals surface area contributed by atoms with E-state index in [1.807, 2.05) is 26.8 Å². The third kappa shape index (κ3) is 5.62. The van der Waals surface area contributed by atoms with Crippen molar-refractivity contribution in [3.8, 4) is 5.75 Å². The Bertz CT molecular complexity index is 482. The van der Waals surface area contributed by atoms with E-state index >= 15 is 0 Å². The van der Waals surface area contributed by atoms with Gasteiger partial charge in [0.1, 0.15) is 5.75 Å². The van der Waals surface area contributed by atoms with E-state index in [-0.39, 0.29) is 5.78 Å². The Morgan fingerprint density at radius 1 is 1.23 bits per heavy atom. The number of halogens is 1. The summed E-state index contributed by atoms with van der Waals surface area (Å²) in [5, 5.41) is 3.94. The lowest BCUT2D eigenvalue weighted by molar-refractivity contribution is 0.0933. The third-order valence-corrected chi connectivity index (χ3v) is 4.18. The van der Waals surface area contributed by atoms with Gasteiger partial charge < -0.3 is 10.1 Å². The fourth-order valence-corrected chi connectivity index (χ4v) is 2.51. The monoisotopic (exact) mass is 325 g/mol. The van der Waals surface area contributed by atoms with Crippen LogP contribution >= 0.6 is 11.6 Å². The summed E-state index contributed by atoms with van der Waals surface area (Å²) in [6, 6.07) is 3.50. The average Bonchev–Trinajstić information content (AvgIpc) is 2.53. The number of carbonyl (C=O) groups is 1. The van der Waals surface area contributed by atoms with E-state index in [4.69, 9.17) is 16.3 Å². The Labute approximate surface area is 139 Å². The molecule has 124 valence electrons. The molecule has 0 aliphatic carbocycles. The molecule has 4 heteroatoms. The van der Waals surface area contributed by atoms with E-state index in [9.17, 15) is 4.79 Å². The number of ketones is 1. The van der Waals surface area contributed by atoms with Crippen LogP contribution in [0.3, 0.4) is 0 Å². The molecule has 0 aromatic heterocycles. The van der Waals surface area contributed by atoms with E-state index in [0.29, 0.717) is 29.4 Å². The van der Waals surface area contributed by atoms with Crippen molar-refractivity contribution in [2.75, 3.05) is 19.7 Å². The van der Waals surface area contributed by atoms with Gasteiger partial charge in [0.2, 0.25) is 0 Å². The third-order valence-electron chi connectivity index (χ3n) is 3.78. The standard InChI is InChI=1S/C10H9ClO2.C6H13N.C2H6/c1-6-4-10-7(5-8(6)11)9(12)2-3-13-10;1-6-2-4-7-5-3-6;1-2/h4-5H,2-3H2,1H3;6-7H,2-5H2,1H3;1-2H3. The van der Waals surface area contributed by atoms with Crippen LogP contribution in [0.25, 0.3) is 0 Å². The van der Waals surface area contributed by atoms with Crippen LogP contribution < -0.4 is 10.1 Å². The number of hydrogen-bond acceptors (Lipinski definition) is 3. The van der Waals surface area contributed by atoms with Crippen molar-refractivity contribution in [1.82, 2.24) is 5.32 Å². The number of benzene rings is 1. The molecule has 22 heavy (non-hydrogen) atoms. The largest absolute Gasteiger partial charge is 0.492 e. The van der Waals surface area contributed by atoms with Crippen molar-refractivity contribution in [3.05, 3.63) is 28.3 Å². The van der Waals surface area contributed by atoms with Gasteiger partial charge in [0.15, 0.2) is 5.78 Å². The molecule has 2 aliphatic rings. The molecule has 0 amide bonds. The number of piperidine rings is 1. The molecule has 0 bridgehead atoms. The number of hydrogen-bond donors (Lipinski definition) is 1. The van der Waals surface area contributed by atoms with Crippen LogP contribution in [0.5, 0.6) is 5.75 Å². The molecule has 2 heterocycles. The summed E-state index contributed by atoms with van der Waals surface area (Å²) in [4.78, 5) is 11.4. The van der Waals surface area contributed by atoms with Crippen LogP contribution in [-0.2, 0) is 0 Å². The zero-order valence-electron chi connectivity index (χ0n) is 14.2. The first kappa shape index (κ1) is 19.0. The van der Waals surface area contributed by atoms with Gasteiger partial charge in [0.25, 0.3) is 0 Å². The number of carbonyl (C=O) groups excluding carboxylic acids is 1. The minimum absolute atomic E-state index is 0.114. The molecule has 3 nitrogen and oxygen atoms in total. The first-order valence-electron chi connectivity index (χ1n) is 8.25. The van der Waals surface area contributed by atoms with Gasteiger partial charge in [0.05, 0.1) is 12.2 Å². The molecular formula is C18H28ClNO2. The maximum atomic E-state index is 11.4. The van der Waals surface area contributed by atoms with Crippen molar-refractivity contribution in [3.63, 3.8) is 0 Å². The fraction of sp³-hybridized carbons (Fsp3) is 0.611. The number of ether oxygens (including phenoxy) is 1. The minimum Gasteiger partial charge on any atom is -0.492 e. The number of aryl methyl sites for hydroxylation is 1. The molecule has 1 aromatic rings. The first-order valence-corrected chi connectivity index (χ1v) is 8.62. The lowest BCUT2D eigenvalue weighted by Crippen LogP contribution is -2.26. The maximum Gasteiger partial charge on any atom is 0.170 e. The summed E-state index contributed by atoms with van der Waals surface area (Å²) in [6.45, 7) is 11.2. The predicted molar refractivity (Wildman–Crippen MR) is 93.2 cm³/mol. The van der Waals surface area contributed by atoms with Gasteiger partial charge in [-0.3, -0.25) is 4.79 Å². The van der Waals surface area contributed by atoms with Gasteiger partial charge in [0, 0.05) is 11.4 Å². The fourth-order valence-electron chi connectivity index (χ4n) is 2.35. The Morgan fingerprint density at radius 2 is 1.86 bits per heavy atom. The van der Waals surface area contributed by atoms with E-state index in [2.05, 4.69) is 12.2 Å². The van der Waals surface area contributed by atoms with Crippen molar-refractivity contribution >= 4 is 17.4 Å². The van der Waals surface area contributed by atoms with Gasteiger partial charge in [-0.25, -0.2) is 0 Å². The Kier molecular flexibility index (Phi) is 8.51. The normalized spacial score (nSPS) is 17.2. The molecule has 0 radical (unpaired) electrons. The molecule has 1 N–H and O–H groups in total. The van der Waals surface area contributed by atoms with Crippen LogP contribution in [0.1, 0.15) is 56.0 Å². The second kappa shape index (κ2) is 9.86. The molecular weight excluding hydrogens is 298 g/mol. The van der Waals surface area contributed by atoms with E-state index in [1.165, 1.54) is 25.9 Å². The number of Topliss-reactive ketones (excluding diaryl/α,β-unsaturated/α-hetero) is 1. The smallest absolute Gasteiger partial charge is 0.170 e. The quantitative estimate of drug-likeness (QED) is 0.754. The summed E-state index contributed by atoms with van der Waals surface area (Å²) in [5.41, 5.74) is 1.55. The highest BCUT2D eigenvalue weighted by molar-refractivity contribution is 6.31. The SMILES string of the molecule is CC.CC1CCNCC1.Cc1cc2c(cc1Cl)C(=O)CCO2. The molecule has 1 fully saturated rings. The summed E-state index contributed by atoms with van der Waals surface area (Å²) in [5.74, 6) is 1.75. The van der Waals surface area contributed by atoms with Gasteiger partial charge in [-0.2, -0.15) is 0 Å². The predicted octanol–water partition coefficient (Wildman–Crippen LogP) is 4.65. The molecule has 0 saturated carbocycles. The summed E-state index contributed by atoms with van der Waals surface area (Å²) in [7, 11) is 0. The number of nitrogens with one attached hydrogen (secondary N) is 1. The van der Waals surface area contributed by atoms with Crippen LogP contribution in [0.15, 0.2) is 12.1 Å². The van der Waals surface area contributed by atoms with Gasteiger partial charge >= 0.3 is 0 Å². The molecule has 1 saturated heterocycles. The van der Waals surface area contributed by atoms with E-state index in [0.717, 1.165) is 11.5 Å². The molecule has 2 aliphatic heterocycles. The van der Waals surface area contributed by atoms with E-state index < -0.39 is 0 Å². The van der Waals surface area contributed by atoms with Crippen molar-refractivity contribution in [2.45, 2.75) is 47.0 Å². The highest BCUT2D eigenvalue weighted by Crippen LogP contribution is 2.30. The number of rotatable bonds is 0. The van der Waals surface area contributed by atoms with Crippen LogP contribution in [-0.4, -0.2) is 25.5 Å².